The lowest BCUT2D eigenvalue weighted by atomic mass is 9.99. The molecule has 7 nitrogen and oxygen atoms in total. The lowest BCUT2D eigenvalue weighted by Crippen LogP contribution is -2.16. The van der Waals surface area contributed by atoms with Gasteiger partial charge in [0.15, 0.2) is 22.2 Å². The molecule has 1 aromatic heterocycles. The maximum Gasteiger partial charge on any atom is 0.223 e. The lowest BCUT2D eigenvalue weighted by Gasteiger charge is -2.15. The number of Topliss-reactive ketones (excluding diaryl/α,β-unsaturated/α-hetero) is 1. The van der Waals surface area contributed by atoms with Gasteiger partial charge in [-0.25, -0.2) is 13.1 Å². The van der Waals surface area contributed by atoms with E-state index in [1.807, 2.05) is 6.07 Å². The van der Waals surface area contributed by atoms with Gasteiger partial charge in [-0.1, -0.05) is 48.9 Å². The third-order valence-electron chi connectivity index (χ3n) is 5.39. The summed E-state index contributed by atoms with van der Waals surface area (Å²) in [5.74, 6) is -0.641. The zero-order chi connectivity index (χ0) is 24.5. The fourth-order valence-electron chi connectivity index (χ4n) is 3.77. The fraction of sp³-hybridized carbons (Fsp3) is 0.292. The van der Waals surface area contributed by atoms with Crippen LogP contribution in [0.2, 0.25) is 5.02 Å². The quantitative estimate of drug-likeness (QED) is 0.439. The zero-order valence-corrected chi connectivity index (χ0v) is 20.7. The summed E-state index contributed by atoms with van der Waals surface area (Å²) in [6.45, 7) is 6.15. The Kier molecular flexibility index (Phi) is 7.09. The molecule has 0 fully saturated rings. The van der Waals surface area contributed by atoms with Gasteiger partial charge < -0.3 is 4.74 Å². The molecule has 33 heavy (non-hydrogen) atoms. The standard InChI is InChI=1S/C24H25ClN2O5S/c1-6-33(30,31)23-14(2)12-18(21(25)15(23)3)22(29)20-16(4)26-27(5)24(20)32-13-19(28)17-10-8-7-9-11-17/h7-12H,6,13H2,1-5H3. The Morgan fingerprint density at radius 2 is 1.76 bits per heavy atom. The van der Waals surface area contributed by atoms with E-state index in [1.165, 1.54) is 10.7 Å². The van der Waals surface area contributed by atoms with Gasteiger partial charge in [-0.2, -0.15) is 5.10 Å². The van der Waals surface area contributed by atoms with E-state index in [0.717, 1.165) is 0 Å². The Balaban J connectivity index is 2.01. The smallest absolute Gasteiger partial charge is 0.223 e. The van der Waals surface area contributed by atoms with Crippen LogP contribution in [0.3, 0.4) is 0 Å². The highest BCUT2D eigenvalue weighted by molar-refractivity contribution is 7.91. The van der Waals surface area contributed by atoms with E-state index in [9.17, 15) is 18.0 Å². The number of hydrogen-bond acceptors (Lipinski definition) is 6. The molecule has 0 unspecified atom stereocenters. The van der Waals surface area contributed by atoms with Crippen molar-refractivity contribution in [2.24, 2.45) is 7.05 Å². The molecule has 3 rings (SSSR count). The molecule has 9 heteroatoms. The number of rotatable bonds is 8. The average molecular weight is 489 g/mol. The number of aryl methyl sites for hydroxylation is 3. The Labute approximate surface area is 198 Å². The summed E-state index contributed by atoms with van der Waals surface area (Å²) in [4.78, 5) is 26.1. The Morgan fingerprint density at radius 1 is 1.12 bits per heavy atom. The number of aromatic nitrogens is 2. The summed E-state index contributed by atoms with van der Waals surface area (Å²) >= 11 is 6.49. The maximum atomic E-state index is 13.5. The van der Waals surface area contributed by atoms with Gasteiger partial charge in [-0.05, 0) is 38.0 Å². The second-order valence-electron chi connectivity index (χ2n) is 7.71. The van der Waals surface area contributed by atoms with Crippen molar-refractivity contribution in [1.29, 1.82) is 0 Å². The van der Waals surface area contributed by atoms with E-state index in [2.05, 4.69) is 5.10 Å². The SMILES string of the molecule is CCS(=O)(=O)c1c(C)cc(C(=O)c2c(C)nn(C)c2OCC(=O)c2ccccc2)c(Cl)c1C. The van der Waals surface area contributed by atoms with Crippen LogP contribution >= 0.6 is 11.6 Å². The number of nitrogens with zero attached hydrogens (tertiary/aromatic N) is 2. The van der Waals surface area contributed by atoms with Crippen molar-refractivity contribution in [3.63, 3.8) is 0 Å². The highest BCUT2D eigenvalue weighted by Gasteiger charge is 2.29. The van der Waals surface area contributed by atoms with Gasteiger partial charge in [-0.3, -0.25) is 9.59 Å². The molecule has 0 atom stereocenters. The molecule has 0 amide bonds. The van der Waals surface area contributed by atoms with Crippen LogP contribution in [0.1, 0.15) is 50.0 Å². The van der Waals surface area contributed by atoms with Gasteiger partial charge in [0.05, 0.1) is 21.4 Å². The number of sulfone groups is 1. The molecule has 0 N–H and O–H groups in total. The minimum atomic E-state index is -3.52. The average Bonchev–Trinajstić information content (AvgIpc) is 3.07. The predicted molar refractivity (Wildman–Crippen MR) is 126 cm³/mol. The third kappa shape index (κ3) is 4.72. The Bertz CT molecular complexity index is 1350. The maximum absolute atomic E-state index is 13.5. The van der Waals surface area contributed by atoms with E-state index in [-0.39, 0.29) is 45.1 Å². The van der Waals surface area contributed by atoms with Crippen molar-refractivity contribution >= 4 is 33.0 Å². The second kappa shape index (κ2) is 9.49. The number of benzene rings is 2. The van der Waals surface area contributed by atoms with E-state index in [1.54, 1.807) is 59.0 Å². The van der Waals surface area contributed by atoms with Gasteiger partial charge in [0, 0.05) is 18.2 Å². The molecule has 2 aromatic carbocycles. The van der Waals surface area contributed by atoms with Crippen molar-refractivity contribution in [2.45, 2.75) is 32.6 Å². The Morgan fingerprint density at radius 3 is 2.36 bits per heavy atom. The summed E-state index contributed by atoms with van der Waals surface area (Å²) in [5.41, 5.74) is 1.98. The molecular weight excluding hydrogens is 464 g/mol. The van der Waals surface area contributed by atoms with Crippen LogP contribution in [-0.4, -0.2) is 42.1 Å². The van der Waals surface area contributed by atoms with E-state index in [4.69, 9.17) is 16.3 Å². The fourth-order valence-corrected chi connectivity index (χ4v) is 5.47. The van der Waals surface area contributed by atoms with Crippen LogP contribution in [0.15, 0.2) is 41.3 Å². The zero-order valence-electron chi connectivity index (χ0n) is 19.1. The predicted octanol–water partition coefficient (Wildman–Crippen LogP) is 4.29. The molecule has 0 aliphatic heterocycles. The van der Waals surface area contributed by atoms with Crippen LogP contribution in [-0.2, 0) is 16.9 Å². The van der Waals surface area contributed by atoms with Crippen LogP contribution in [0, 0.1) is 20.8 Å². The first-order valence-electron chi connectivity index (χ1n) is 10.3. The van der Waals surface area contributed by atoms with Crippen LogP contribution in [0.25, 0.3) is 0 Å². The van der Waals surface area contributed by atoms with E-state index >= 15 is 0 Å². The second-order valence-corrected chi connectivity index (χ2v) is 10.3. The minimum Gasteiger partial charge on any atom is -0.469 e. The largest absolute Gasteiger partial charge is 0.469 e. The highest BCUT2D eigenvalue weighted by atomic mass is 35.5. The number of ether oxygens (including phenoxy) is 1. The van der Waals surface area contributed by atoms with Gasteiger partial charge in [0.25, 0.3) is 0 Å². The summed E-state index contributed by atoms with van der Waals surface area (Å²) in [6, 6.07) is 10.2. The minimum absolute atomic E-state index is 0.0622. The highest BCUT2D eigenvalue weighted by Crippen LogP contribution is 2.34. The molecule has 0 radical (unpaired) electrons. The molecule has 0 spiro atoms. The summed E-state index contributed by atoms with van der Waals surface area (Å²) < 4.78 is 32.2. The van der Waals surface area contributed by atoms with Gasteiger partial charge in [0.1, 0.15) is 5.56 Å². The van der Waals surface area contributed by atoms with Crippen molar-refractivity contribution in [2.75, 3.05) is 12.4 Å². The van der Waals surface area contributed by atoms with Crippen LogP contribution in [0.5, 0.6) is 5.88 Å². The topological polar surface area (TPSA) is 95.3 Å². The number of carbonyl (C=O) groups is 2. The van der Waals surface area contributed by atoms with Crippen LogP contribution in [0.4, 0.5) is 0 Å². The lowest BCUT2D eigenvalue weighted by molar-refractivity contribution is 0.0908. The summed E-state index contributed by atoms with van der Waals surface area (Å²) in [5, 5.41) is 4.34. The monoisotopic (exact) mass is 488 g/mol. The van der Waals surface area contributed by atoms with Gasteiger partial charge in [0.2, 0.25) is 11.7 Å². The van der Waals surface area contributed by atoms with Crippen molar-refractivity contribution < 1.29 is 22.7 Å². The third-order valence-corrected chi connectivity index (χ3v) is 7.89. The van der Waals surface area contributed by atoms with Gasteiger partial charge >= 0.3 is 0 Å². The van der Waals surface area contributed by atoms with E-state index in [0.29, 0.717) is 22.4 Å². The molecule has 0 aliphatic rings. The van der Waals surface area contributed by atoms with Crippen molar-refractivity contribution in [3.05, 3.63) is 74.9 Å². The number of hydrogen-bond donors (Lipinski definition) is 0. The summed E-state index contributed by atoms with van der Waals surface area (Å²) in [7, 11) is -1.91. The normalized spacial score (nSPS) is 11.5. The van der Waals surface area contributed by atoms with Crippen molar-refractivity contribution in [1.82, 2.24) is 9.78 Å². The van der Waals surface area contributed by atoms with Gasteiger partial charge in [-0.15, -0.1) is 0 Å². The number of halogens is 1. The van der Waals surface area contributed by atoms with E-state index < -0.39 is 15.6 Å². The molecule has 1 heterocycles. The molecule has 0 aliphatic carbocycles. The first-order chi connectivity index (χ1) is 15.5. The van der Waals surface area contributed by atoms with Crippen LogP contribution < -0.4 is 4.74 Å². The summed E-state index contributed by atoms with van der Waals surface area (Å²) in [6.07, 6.45) is 0. The molecule has 174 valence electrons. The Hall–Kier alpha value is -2.97. The number of carbonyl (C=O) groups excluding carboxylic acids is 2. The first-order valence-corrected chi connectivity index (χ1v) is 12.3. The first kappa shape index (κ1) is 24.7. The molecule has 0 saturated heterocycles. The van der Waals surface area contributed by atoms with Crippen molar-refractivity contribution in [3.8, 4) is 5.88 Å². The molecule has 3 aromatic rings. The molecular formula is C24H25ClN2O5S. The number of ketones is 2. The molecule has 0 bridgehead atoms. The molecule has 0 saturated carbocycles.